The van der Waals surface area contributed by atoms with Crippen LogP contribution in [0.3, 0.4) is 0 Å². The molecule has 0 saturated carbocycles. The topological polar surface area (TPSA) is 72.8 Å². The molecule has 5 nitrogen and oxygen atoms in total. The van der Waals surface area contributed by atoms with Gasteiger partial charge in [0.05, 0.1) is 6.61 Å². The third-order valence-corrected chi connectivity index (χ3v) is 7.20. The maximum atomic E-state index is 12.1. The molecule has 0 heterocycles. The number of carbonyl (C=O) groups excluding carboxylic acids is 2. The minimum absolute atomic E-state index is 0.0756. The Bertz CT molecular complexity index is 667. The van der Waals surface area contributed by atoms with Crippen LogP contribution >= 0.6 is 0 Å². The lowest BCUT2D eigenvalue weighted by Gasteiger charge is -2.15. The number of carbonyl (C=O) groups is 2. The van der Waals surface area contributed by atoms with Gasteiger partial charge < -0.3 is 14.6 Å². The second-order valence-corrected chi connectivity index (χ2v) is 11.2. The molecule has 0 aliphatic carbocycles. The summed E-state index contributed by atoms with van der Waals surface area (Å²) >= 11 is 0. The molecule has 0 rings (SSSR count). The molecule has 0 fully saturated rings. The van der Waals surface area contributed by atoms with Crippen molar-refractivity contribution in [2.24, 2.45) is 0 Å². The van der Waals surface area contributed by atoms with Gasteiger partial charge in [0.15, 0.2) is 6.10 Å². The highest BCUT2D eigenvalue weighted by Crippen LogP contribution is 2.14. The predicted octanol–water partition coefficient (Wildman–Crippen LogP) is 10.1. The summed E-state index contributed by atoms with van der Waals surface area (Å²) < 4.78 is 10.5. The van der Waals surface area contributed by atoms with Crippen LogP contribution in [0.15, 0.2) is 36.5 Å². The second kappa shape index (κ2) is 32.6. The van der Waals surface area contributed by atoms with Gasteiger partial charge in [0.1, 0.15) is 6.61 Å². The fourth-order valence-electron chi connectivity index (χ4n) is 4.63. The van der Waals surface area contributed by atoms with Crippen LogP contribution in [0.5, 0.6) is 0 Å². The van der Waals surface area contributed by atoms with Gasteiger partial charge in [-0.1, -0.05) is 140 Å². The van der Waals surface area contributed by atoms with Crippen molar-refractivity contribution >= 4 is 11.9 Å². The van der Waals surface area contributed by atoms with Crippen LogP contribution in [0.4, 0.5) is 0 Å². The molecule has 41 heavy (non-hydrogen) atoms. The van der Waals surface area contributed by atoms with Crippen molar-refractivity contribution in [1.82, 2.24) is 0 Å². The Kier molecular flexibility index (Phi) is 31.1. The van der Waals surface area contributed by atoms with Gasteiger partial charge in [-0.15, -0.1) is 0 Å². The first kappa shape index (κ1) is 39.1. The Morgan fingerprint density at radius 1 is 0.585 bits per heavy atom. The molecule has 0 bridgehead atoms. The van der Waals surface area contributed by atoms with Gasteiger partial charge >= 0.3 is 11.9 Å². The van der Waals surface area contributed by atoms with Gasteiger partial charge in [-0.3, -0.25) is 9.59 Å². The van der Waals surface area contributed by atoms with E-state index in [1.165, 1.54) is 70.6 Å². The van der Waals surface area contributed by atoms with Crippen LogP contribution in [-0.2, 0) is 19.1 Å². The molecule has 0 aromatic heterocycles. The Balaban J connectivity index is 3.62. The molecular formula is C36H64O5. The van der Waals surface area contributed by atoms with Gasteiger partial charge in [-0.2, -0.15) is 0 Å². The minimum atomic E-state index is -0.781. The molecule has 0 spiro atoms. The van der Waals surface area contributed by atoms with Crippen molar-refractivity contribution in [2.45, 2.75) is 168 Å². The lowest BCUT2D eigenvalue weighted by molar-refractivity contribution is -0.161. The summed E-state index contributed by atoms with van der Waals surface area (Å²) in [6.07, 6.45) is 37.7. The fraction of sp³-hybridized carbons (Fsp3) is 0.778. The molecule has 5 heteroatoms. The van der Waals surface area contributed by atoms with E-state index in [4.69, 9.17) is 9.47 Å². The van der Waals surface area contributed by atoms with E-state index in [0.717, 1.165) is 64.2 Å². The molecular weight excluding hydrogens is 512 g/mol. The Labute approximate surface area is 253 Å². The number of hydrogen-bond donors (Lipinski definition) is 1. The molecule has 0 aromatic carbocycles. The summed E-state index contributed by atoms with van der Waals surface area (Å²) in [7, 11) is 0. The molecule has 1 unspecified atom stereocenters. The summed E-state index contributed by atoms with van der Waals surface area (Å²) in [5.74, 6) is -0.625. The maximum absolute atomic E-state index is 12.1. The smallest absolute Gasteiger partial charge is 0.306 e. The number of hydrogen-bond acceptors (Lipinski definition) is 5. The Morgan fingerprint density at radius 2 is 1.05 bits per heavy atom. The van der Waals surface area contributed by atoms with Gasteiger partial charge in [-0.05, 0) is 44.9 Å². The lowest BCUT2D eigenvalue weighted by Crippen LogP contribution is -2.28. The van der Waals surface area contributed by atoms with E-state index in [9.17, 15) is 14.7 Å². The first-order chi connectivity index (χ1) is 20.1. The van der Waals surface area contributed by atoms with Crippen LogP contribution in [0, 0.1) is 0 Å². The molecule has 0 aliphatic rings. The SMILES string of the molecule is CC/C=C\C/C=C\C/C=C\CCCCCC(=O)OC(CO)COC(=O)CCCCCCCCCCCCCCCC. The number of aliphatic hydroxyl groups excluding tert-OH is 1. The van der Waals surface area contributed by atoms with E-state index in [1.54, 1.807) is 0 Å². The first-order valence-corrected chi connectivity index (χ1v) is 17.0. The van der Waals surface area contributed by atoms with E-state index >= 15 is 0 Å². The van der Waals surface area contributed by atoms with E-state index in [2.05, 4.69) is 50.3 Å². The molecule has 0 radical (unpaired) electrons. The zero-order chi connectivity index (χ0) is 30.1. The lowest BCUT2D eigenvalue weighted by atomic mass is 10.0. The van der Waals surface area contributed by atoms with Crippen LogP contribution in [-0.4, -0.2) is 36.4 Å². The standard InChI is InChI=1S/C36H64O5/c1-3-5-7-9-11-13-15-17-19-20-22-24-26-28-30-35(38)40-33-34(32-37)41-36(39)31-29-27-25-23-21-18-16-14-12-10-8-6-4-2/h6,8,12,14,18,21,34,37H,3-5,7,9-11,13,15-17,19-20,22-33H2,1-2H3/b8-6-,14-12-,21-18-. The van der Waals surface area contributed by atoms with E-state index in [-0.39, 0.29) is 25.2 Å². The predicted molar refractivity (Wildman–Crippen MR) is 173 cm³/mol. The van der Waals surface area contributed by atoms with E-state index in [0.29, 0.717) is 12.8 Å². The number of rotatable bonds is 30. The van der Waals surface area contributed by atoms with Crippen LogP contribution < -0.4 is 0 Å². The molecule has 0 aromatic rings. The molecule has 1 atom stereocenters. The number of allylic oxidation sites excluding steroid dienone is 6. The van der Waals surface area contributed by atoms with Crippen molar-refractivity contribution in [3.63, 3.8) is 0 Å². The average Bonchev–Trinajstić information content (AvgIpc) is 2.97. The summed E-state index contributed by atoms with van der Waals surface area (Å²) in [4.78, 5) is 24.1. The minimum Gasteiger partial charge on any atom is -0.462 e. The van der Waals surface area contributed by atoms with Crippen LogP contribution in [0.25, 0.3) is 0 Å². The number of ether oxygens (including phenoxy) is 2. The highest BCUT2D eigenvalue weighted by atomic mass is 16.6. The zero-order valence-corrected chi connectivity index (χ0v) is 26.8. The molecule has 0 saturated heterocycles. The van der Waals surface area contributed by atoms with Crippen molar-refractivity contribution < 1.29 is 24.2 Å². The number of esters is 2. The largest absolute Gasteiger partial charge is 0.462 e. The zero-order valence-electron chi connectivity index (χ0n) is 26.8. The van der Waals surface area contributed by atoms with Crippen molar-refractivity contribution in [2.75, 3.05) is 13.2 Å². The van der Waals surface area contributed by atoms with Crippen LogP contribution in [0.2, 0.25) is 0 Å². The fourth-order valence-corrected chi connectivity index (χ4v) is 4.63. The average molecular weight is 577 g/mol. The normalized spacial score (nSPS) is 12.6. The van der Waals surface area contributed by atoms with Crippen molar-refractivity contribution in [3.8, 4) is 0 Å². The van der Waals surface area contributed by atoms with Crippen molar-refractivity contribution in [3.05, 3.63) is 36.5 Å². The molecule has 238 valence electrons. The first-order valence-electron chi connectivity index (χ1n) is 17.0. The highest BCUT2D eigenvalue weighted by Gasteiger charge is 2.16. The summed E-state index contributed by atoms with van der Waals surface area (Å²) in [6, 6.07) is 0. The highest BCUT2D eigenvalue weighted by molar-refractivity contribution is 5.70. The number of unbranched alkanes of at least 4 members (excludes halogenated alkanes) is 16. The van der Waals surface area contributed by atoms with Crippen molar-refractivity contribution in [1.29, 1.82) is 0 Å². The Hall–Kier alpha value is -1.88. The van der Waals surface area contributed by atoms with E-state index in [1.807, 2.05) is 0 Å². The van der Waals surface area contributed by atoms with E-state index < -0.39 is 6.10 Å². The summed E-state index contributed by atoms with van der Waals surface area (Å²) in [5.41, 5.74) is 0. The Morgan fingerprint density at radius 3 is 1.59 bits per heavy atom. The van der Waals surface area contributed by atoms with Gasteiger partial charge in [0, 0.05) is 12.8 Å². The monoisotopic (exact) mass is 576 g/mol. The van der Waals surface area contributed by atoms with Gasteiger partial charge in [0.2, 0.25) is 0 Å². The summed E-state index contributed by atoms with van der Waals surface area (Å²) in [5, 5.41) is 9.50. The maximum Gasteiger partial charge on any atom is 0.306 e. The van der Waals surface area contributed by atoms with Crippen LogP contribution in [0.1, 0.15) is 162 Å². The number of aliphatic hydroxyl groups is 1. The molecule has 0 aliphatic heterocycles. The molecule has 1 N–H and O–H groups in total. The quantitative estimate of drug-likeness (QED) is 0.0523. The second-order valence-electron chi connectivity index (χ2n) is 11.2. The third-order valence-electron chi connectivity index (χ3n) is 7.20. The van der Waals surface area contributed by atoms with Gasteiger partial charge in [-0.25, -0.2) is 0 Å². The third kappa shape index (κ3) is 30.9. The summed E-state index contributed by atoms with van der Waals surface area (Å²) in [6.45, 7) is 3.98. The molecule has 0 amide bonds. The van der Waals surface area contributed by atoms with Gasteiger partial charge in [0.25, 0.3) is 0 Å².